The van der Waals surface area contributed by atoms with Crippen LogP contribution in [0.25, 0.3) is 0 Å². The molecule has 2 aliphatic heterocycles. The van der Waals surface area contributed by atoms with E-state index >= 15 is 0 Å². The number of rotatable bonds is 2. The molecule has 0 aromatic heterocycles. The molecular formula is C15H19ClN2O2. The second-order valence-corrected chi connectivity index (χ2v) is 5.54. The number of carbonyl (C=O) groups is 2. The van der Waals surface area contributed by atoms with Gasteiger partial charge in [0, 0.05) is 13.6 Å². The lowest BCUT2D eigenvalue weighted by atomic mass is 9.69. The van der Waals surface area contributed by atoms with Crippen molar-refractivity contribution in [3.05, 3.63) is 35.9 Å². The van der Waals surface area contributed by atoms with Crippen molar-refractivity contribution in [2.45, 2.75) is 12.8 Å². The highest BCUT2D eigenvalue weighted by molar-refractivity contribution is 6.07. The Bertz CT molecular complexity index is 520. The van der Waals surface area contributed by atoms with Crippen LogP contribution in [0.15, 0.2) is 30.3 Å². The Balaban J connectivity index is 0.00000147. The number of halogens is 1. The molecule has 0 bridgehead atoms. The summed E-state index contributed by atoms with van der Waals surface area (Å²) in [5, 5.41) is 3.29. The number of hydrogen-bond acceptors (Lipinski definition) is 3. The van der Waals surface area contributed by atoms with Gasteiger partial charge in [-0.15, -0.1) is 12.4 Å². The molecule has 0 spiro atoms. The summed E-state index contributed by atoms with van der Waals surface area (Å²) in [5.74, 6) is -0.201. The van der Waals surface area contributed by atoms with Crippen LogP contribution in [0.3, 0.4) is 0 Å². The lowest BCUT2D eigenvalue weighted by Crippen LogP contribution is -2.50. The van der Waals surface area contributed by atoms with Gasteiger partial charge in [-0.2, -0.15) is 0 Å². The van der Waals surface area contributed by atoms with Gasteiger partial charge in [0.25, 0.3) is 0 Å². The van der Waals surface area contributed by atoms with E-state index in [1.807, 2.05) is 30.3 Å². The lowest BCUT2D eigenvalue weighted by molar-refractivity contribution is -0.139. The molecule has 2 heterocycles. The van der Waals surface area contributed by atoms with E-state index in [4.69, 9.17) is 0 Å². The van der Waals surface area contributed by atoms with Crippen molar-refractivity contribution < 1.29 is 9.59 Å². The highest BCUT2D eigenvalue weighted by Gasteiger charge is 2.58. The van der Waals surface area contributed by atoms with Gasteiger partial charge in [0.15, 0.2) is 0 Å². The molecule has 3 rings (SSSR count). The van der Waals surface area contributed by atoms with E-state index in [-0.39, 0.29) is 30.1 Å². The minimum absolute atomic E-state index is 0. The molecule has 0 radical (unpaired) electrons. The molecular weight excluding hydrogens is 276 g/mol. The van der Waals surface area contributed by atoms with Crippen LogP contribution in [0.4, 0.5) is 0 Å². The Morgan fingerprint density at radius 1 is 1.30 bits per heavy atom. The molecule has 0 saturated carbocycles. The average molecular weight is 295 g/mol. The van der Waals surface area contributed by atoms with E-state index in [1.165, 1.54) is 4.90 Å². The number of carbonyl (C=O) groups excluding carboxylic acids is 2. The first kappa shape index (κ1) is 15.0. The van der Waals surface area contributed by atoms with Gasteiger partial charge in [-0.3, -0.25) is 14.5 Å². The van der Waals surface area contributed by atoms with Gasteiger partial charge in [0.05, 0.1) is 11.3 Å². The van der Waals surface area contributed by atoms with Crippen LogP contribution in [0, 0.1) is 11.3 Å². The Morgan fingerprint density at radius 3 is 2.70 bits per heavy atom. The molecule has 1 aromatic rings. The number of benzene rings is 1. The van der Waals surface area contributed by atoms with E-state index in [9.17, 15) is 9.59 Å². The van der Waals surface area contributed by atoms with Crippen molar-refractivity contribution in [1.82, 2.24) is 10.2 Å². The van der Waals surface area contributed by atoms with Crippen LogP contribution in [0.5, 0.6) is 0 Å². The van der Waals surface area contributed by atoms with Gasteiger partial charge in [-0.05, 0) is 24.9 Å². The second kappa shape index (κ2) is 5.54. The minimum atomic E-state index is -0.578. The maximum absolute atomic E-state index is 12.5. The van der Waals surface area contributed by atoms with Crippen molar-refractivity contribution in [3.8, 4) is 0 Å². The van der Waals surface area contributed by atoms with Crippen molar-refractivity contribution in [2.75, 3.05) is 20.1 Å². The van der Waals surface area contributed by atoms with E-state index < -0.39 is 5.41 Å². The topological polar surface area (TPSA) is 49.4 Å². The second-order valence-electron chi connectivity index (χ2n) is 5.54. The fourth-order valence-electron chi connectivity index (χ4n) is 3.43. The number of imide groups is 1. The van der Waals surface area contributed by atoms with E-state index in [0.29, 0.717) is 13.0 Å². The number of nitrogens with zero attached hydrogens (tertiary/aromatic N) is 1. The summed E-state index contributed by atoms with van der Waals surface area (Å²) in [6, 6.07) is 9.96. The molecule has 2 fully saturated rings. The molecule has 0 aliphatic carbocycles. The molecule has 5 heteroatoms. The van der Waals surface area contributed by atoms with Gasteiger partial charge in [0.2, 0.25) is 11.8 Å². The SMILES string of the molecule is CN1C(=O)C2CCNCC2(Cc2ccccc2)C1=O.Cl. The van der Waals surface area contributed by atoms with Crippen LogP contribution in [-0.4, -0.2) is 36.9 Å². The van der Waals surface area contributed by atoms with Crippen LogP contribution in [-0.2, 0) is 16.0 Å². The number of piperidine rings is 1. The van der Waals surface area contributed by atoms with Crippen molar-refractivity contribution in [3.63, 3.8) is 0 Å². The quantitative estimate of drug-likeness (QED) is 0.835. The third-order valence-electron chi connectivity index (χ3n) is 4.44. The highest BCUT2D eigenvalue weighted by Crippen LogP contribution is 2.43. The number of nitrogens with one attached hydrogen (secondary N) is 1. The smallest absolute Gasteiger partial charge is 0.237 e. The standard InChI is InChI=1S/C15H18N2O2.ClH/c1-17-13(18)12-7-8-16-10-15(12,14(17)19)9-11-5-3-2-4-6-11;/h2-6,12,16H,7-10H2,1H3;1H. The molecule has 1 N–H and O–H groups in total. The number of hydrogen-bond donors (Lipinski definition) is 1. The summed E-state index contributed by atoms with van der Waals surface area (Å²) in [5.41, 5.74) is 0.540. The van der Waals surface area contributed by atoms with E-state index in [2.05, 4.69) is 5.32 Å². The maximum Gasteiger partial charge on any atom is 0.237 e. The van der Waals surface area contributed by atoms with Crippen molar-refractivity contribution in [2.24, 2.45) is 11.3 Å². The number of fused-ring (bicyclic) bond motifs is 1. The first-order chi connectivity index (χ1) is 9.15. The third-order valence-corrected chi connectivity index (χ3v) is 4.44. The van der Waals surface area contributed by atoms with Crippen LogP contribution < -0.4 is 5.32 Å². The molecule has 2 amide bonds. The van der Waals surface area contributed by atoms with Gasteiger partial charge < -0.3 is 5.32 Å². The predicted molar refractivity (Wildman–Crippen MR) is 78.6 cm³/mol. The van der Waals surface area contributed by atoms with Gasteiger partial charge in [0.1, 0.15) is 0 Å². The summed E-state index contributed by atoms with van der Waals surface area (Å²) >= 11 is 0. The van der Waals surface area contributed by atoms with Gasteiger partial charge >= 0.3 is 0 Å². The monoisotopic (exact) mass is 294 g/mol. The van der Waals surface area contributed by atoms with E-state index in [0.717, 1.165) is 18.5 Å². The van der Waals surface area contributed by atoms with Gasteiger partial charge in [-0.25, -0.2) is 0 Å². The van der Waals surface area contributed by atoms with Crippen molar-refractivity contribution >= 4 is 24.2 Å². The summed E-state index contributed by atoms with van der Waals surface area (Å²) in [6.45, 7) is 1.41. The largest absolute Gasteiger partial charge is 0.316 e. The molecule has 2 atom stereocenters. The molecule has 4 nitrogen and oxygen atoms in total. The molecule has 2 aliphatic rings. The predicted octanol–water partition coefficient (Wildman–Crippen LogP) is 1.25. The Labute approximate surface area is 124 Å². The molecule has 108 valence electrons. The average Bonchev–Trinajstić information content (AvgIpc) is 2.63. The molecule has 2 saturated heterocycles. The Hall–Kier alpha value is -1.39. The van der Waals surface area contributed by atoms with Crippen LogP contribution in [0.2, 0.25) is 0 Å². The first-order valence-electron chi connectivity index (χ1n) is 6.72. The number of likely N-dealkylation sites (tertiary alicyclic amines) is 1. The molecule has 1 aromatic carbocycles. The van der Waals surface area contributed by atoms with Gasteiger partial charge in [-0.1, -0.05) is 30.3 Å². The first-order valence-corrected chi connectivity index (χ1v) is 6.72. The lowest BCUT2D eigenvalue weighted by Gasteiger charge is -2.36. The molecule has 20 heavy (non-hydrogen) atoms. The summed E-state index contributed by atoms with van der Waals surface area (Å²) in [4.78, 5) is 26.1. The zero-order chi connectivity index (χ0) is 13.5. The zero-order valence-corrected chi connectivity index (χ0v) is 12.3. The summed E-state index contributed by atoms with van der Waals surface area (Å²) in [6.07, 6.45) is 1.39. The minimum Gasteiger partial charge on any atom is -0.316 e. The summed E-state index contributed by atoms with van der Waals surface area (Å²) in [7, 11) is 1.61. The van der Waals surface area contributed by atoms with E-state index in [1.54, 1.807) is 7.05 Å². The maximum atomic E-state index is 12.5. The third kappa shape index (κ3) is 2.13. The molecule has 2 unspecified atom stereocenters. The van der Waals surface area contributed by atoms with Crippen LogP contribution in [0.1, 0.15) is 12.0 Å². The number of amides is 2. The fraction of sp³-hybridized carbons (Fsp3) is 0.467. The zero-order valence-electron chi connectivity index (χ0n) is 11.5. The fourth-order valence-corrected chi connectivity index (χ4v) is 3.43. The highest BCUT2D eigenvalue weighted by atomic mass is 35.5. The normalized spacial score (nSPS) is 29.1. The summed E-state index contributed by atoms with van der Waals surface area (Å²) < 4.78 is 0. The van der Waals surface area contributed by atoms with Crippen LogP contribution >= 0.6 is 12.4 Å². The Morgan fingerprint density at radius 2 is 2.00 bits per heavy atom. The Kier molecular flexibility index (Phi) is 4.16. The van der Waals surface area contributed by atoms with Crippen molar-refractivity contribution in [1.29, 1.82) is 0 Å².